The minimum Gasteiger partial charge on any atom is -0.355 e. The summed E-state index contributed by atoms with van der Waals surface area (Å²) in [6.45, 7) is 1.37. The van der Waals surface area contributed by atoms with Crippen molar-refractivity contribution in [2.75, 3.05) is 31.1 Å². The van der Waals surface area contributed by atoms with Crippen LogP contribution in [-0.4, -0.2) is 49.8 Å². The number of halogens is 1. The molecule has 1 heterocycles. The number of aryl methyl sites for hydroxylation is 1. The Morgan fingerprint density at radius 1 is 1.12 bits per heavy atom. The molecular formula is C24H31ClN2O3S2. The predicted molar refractivity (Wildman–Crippen MR) is 133 cm³/mol. The molecule has 1 N–H and O–H groups in total. The second-order valence-electron chi connectivity index (χ2n) is 8.08. The van der Waals surface area contributed by atoms with E-state index in [1.54, 1.807) is 11.8 Å². The van der Waals surface area contributed by atoms with E-state index in [1.165, 1.54) is 4.31 Å². The van der Waals surface area contributed by atoms with Crippen LogP contribution in [0.25, 0.3) is 0 Å². The van der Waals surface area contributed by atoms with Crippen molar-refractivity contribution < 1.29 is 13.2 Å². The average molecular weight is 495 g/mol. The number of carbonyl (C=O) groups excluding carboxylic acids is 1. The van der Waals surface area contributed by atoms with Gasteiger partial charge in [-0.25, -0.2) is 12.7 Å². The second kappa shape index (κ2) is 12.6. The maximum Gasteiger partial charge on any atom is 0.224 e. The highest BCUT2D eigenvalue weighted by molar-refractivity contribution is 7.98. The molecule has 1 atom stereocenters. The van der Waals surface area contributed by atoms with Crippen LogP contribution in [0.2, 0.25) is 5.02 Å². The maximum atomic E-state index is 12.8. The Bertz CT molecular complexity index is 970. The summed E-state index contributed by atoms with van der Waals surface area (Å²) in [6, 6.07) is 17.7. The minimum atomic E-state index is -3.34. The van der Waals surface area contributed by atoms with Gasteiger partial charge in [0.05, 0.1) is 11.7 Å². The number of hydrogen-bond acceptors (Lipinski definition) is 4. The van der Waals surface area contributed by atoms with Crippen molar-refractivity contribution in [1.82, 2.24) is 9.62 Å². The van der Waals surface area contributed by atoms with Crippen LogP contribution in [0.3, 0.4) is 0 Å². The lowest BCUT2D eigenvalue weighted by atomic mass is 9.99. The lowest BCUT2D eigenvalue weighted by molar-refractivity contribution is -0.125. The van der Waals surface area contributed by atoms with Crippen LogP contribution in [0.5, 0.6) is 0 Å². The van der Waals surface area contributed by atoms with Gasteiger partial charge in [0.25, 0.3) is 0 Å². The molecule has 174 valence electrons. The van der Waals surface area contributed by atoms with Gasteiger partial charge in [0.15, 0.2) is 0 Å². The summed E-state index contributed by atoms with van der Waals surface area (Å²) in [5.74, 6) is 1.45. The number of piperidine rings is 1. The van der Waals surface area contributed by atoms with Gasteiger partial charge in [-0.05, 0) is 48.9 Å². The Kier molecular flexibility index (Phi) is 9.91. The van der Waals surface area contributed by atoms with Gasteiger partial charge in [0.1, 0.15) is 0 Å². The molecule has 1 saturated heterocycles. The third-order valence-electron chi connectivity index (χ3n) is 5.56. The van der Waals surface area contributed by atoms with Gasteiger partial charge in [-0.1, -0.05) is 54.1 Å². The quantitative estimate of drug-likeness (QED) is 0.471. The summed E-state index contributed by atoms with van der Waals surface area (Å²) in [4.78, 5) is 12.6. The number of thioether (sulfide) groups is 1. The van der Waals surface area contributed by atoms with E-state index in [0.717, 1.165) is 46.9 Å². The van der Waals surface area contributed by atoms with Gasteiger partial charge in [-0.2, -0.15) is 11.8 Å². The molecule has 2 aromatic carbocycles. The maximum absolute atomic E-state index is 12.8. The molecule has 0 unspecified atom stereocenters. The zero-order valence-corrected chi connectivity index (χ0v) is 20.6. The standard InChI is InChI=1S/C24H31ClN2O3S2/c25-23-12-4-9-21(17-23)19-31-15-13-26-24(28)22-11-5-14-27(18-22)32(29,30)16-6-10-20-7-2-1-3-8-20/h1-4,7-9,12,17,22H,5-6,10-11,13-16,18-19H2,(H,26,28)/t22-/m0/s1. The smallest absolute Gasteiger partial charge is 0.224 e. The Morgan fingerprint density at radius 2 is 1.91 bits per heavy atom. The summed E-state index contributed by atoms with van der Waals surface area (Å²) in [6.07, 6.45) is 2.78. The van der Waals surface area contributed by atoms with Crippen LogP contribution >= 0.6 is 23.4 Å². The van der Waals surface area contributed by atoms with Gasteiger partial charge in [-0.3, -0.25) is 4.79 Å². The summed E-state index contributed by atoms with van der Waals surface area (Å²) in [5, 5.41) is 3.71. The molecule has 0 aromatic heterocycles. The van der Waals surface area contributed by atoms with Crippen molar-refractivity contribution in [3.05, 3.63) is 70.7 Å². The Labute approximate surface area is 201 Å². The highest BCUT2D eigenvalue weighted by Gasteiger charge is 2.31. The minimum absolute atomic E-state index is 0.0439. The van der Waals surface area contributed by atoms with Crippen LogP contribution in [0, 0.1) is 5.92 Å². The summed E-state index contributed by atoms with van der Waals surface area (Å²) < 4.78 is 27.1. The topological polar surface area (TPSA) is 66.5 Å². The summed E-state index contributed by atoms with van der Waals surface area (Å²) in [5.41, 5.74) is 2.31. The van der Waals surface area contributed by atoms with Crippen molar-refractivity contribution in [2.24, 2.45) is 5.92 Å². The molecular weight excluding hydrogens is 464 g/mol. The van der Waals surface area contributed by atoms with E-state index < -0.39 is 10.0 Å². The molecule has 0 bridgehead atoms. The Balaban J connectivity index is 1.37. The number of nitrogens with one attached hydrogen (secondary N) is 1. The van der Waals surface area contributed by atoms with E-state index in [9.17, 15) is 13.2 Å². The molecule has 1 aliphatic rings. The number of nitrogens with zero attached hydrogens (tertiary/aromatic N) is 1. The van der Waals surface area contributed by atoms with Crippen molar-refractivity contribution in [1.29, 1.82) is 0 Å². The monoisotopic (exact) mass is 494 g/mol. The number of rotatable bonds is 11. The second-order valence-corrected chi connectivity index (χ2v) is 11.7. The summed E-state index contributed by atoms with van der Waals surface area (Å²) >= 11 is 7.74. The number of sulfonamides is 1. The normalized spacial score (nSPS) is 17.2. The van der Waals surface area contributed by atoms with E-state index in [2.05, 4.69) is 5.32 Å². The highest BCUT2D eigenvalue weighted by atomic mass is 35.5. The van der Waals surface area contributed by atoms with Crippen LogP contribution < -0.4 is 5.32 Å². The van der Waals surface area contributed by atoms with E-state index in [0.29, 0.717) is 19.5 Å². The molecule has 0 aliphatic carbocycles. The predicted octanol–water partition coefficient (Wildman–Crippen LogP) is 4.36. The molecule has 8 heteroatoms. The molecule has 32 heavy (non-hydrogen) atoms. The molecule has 0 saturated carbocycles. The number of amides is 1. The number of carbonyl (C=O) groups is 1. The fourth-order valence-corrected chi connectivity index (χ4v) is 6.45. The molecule has 0 spiro atoms. The van der Waals surface area contributed by atoms with Gasteiger partial charge < -0.3 is 5.32 Å². The third-order valence-corrected chi connectivity index (χ3v) is 8.75. The fourth-order valence-electron chi connectivity index (χ4n) is 3.85. The Morgan fingerprint density at radius 3 is 2.69 bits per heavy atom. The zero-order chi connectivity index (χ0) is 22.8. The van der Waals surface area contributed by atoms with E-state index in [-0.39, 0.29) is 24.1 Å². The molecule has 3 rings (SSSR count). The highest BCUT2D eigenvalue weighted by Crippen LogP contribution is 2.21. The van der Waals surface area contributed by atoms with Crippen LogP contribution in [0.15, 0.2) is 54.6 Å². The van der Waals surface area contributed by atoms with Crippen molar-refractivity contribution >= 4 is 39.3 Å². The first-order valence-electron chi connectivity index (χ1n) is 11.1. The number of hydrogen-bond donors (Lipinski definition) is 1. The fraction of sp³-hybridized carbons (Fsp3) is 0.458. The third kappa shape index (κ3) is 8.10. The molecule has 5 nitrogen and oxygen atoms in total. The van der Waals surface area contributed by atoms with E-state index >= 15 is 0 Å². The lowest BCUT2D eigenvalue weighted by Crippen LogP contribution is -2.46. The lowest BCUT2D eigenvalue weighted by Gasteiger charge is -2.31. The molecule has 0 radical (unpaired) electrons. The van der Waals surface area contributed by atoms with E-state index in [4.69, 9.17) is 11.6 Å². The van der Waals surface area contributed by atoms with Gasteiger partial charge in [0.2, 0.25) is 15.9 Å². The SMILES string of the molecule is O=C(NCCSCc1cccc(Cl)c1)[C@H]1CCCN(S(=O)(=O)CCCc2ccccc2)C1. The van der Waals surface area contributed by atoms with Gasteiger partial charge in [-0.15, -0.1) is 0 Å². The largest absolute Gasteiger partial charge is 0.355 e. The van der Waals surface area contributed by atoms with Crippen LogP contribution in [0.4, 0.5) is 0 Å². The summed E-state index contributed by atoms with van der Waals surface area (Å²) in [7, 11) is -3.34. The van der Waals surface area contributed by atoms with Crippen LogP contribution in [-0.2, 0) is 27.0 Å². The Hall–Kier alpha value is -1.54. The van der Waals surface area contributed by atoms with Crippen molar-refractivity contribution in [2.45, 2.75) is 31.4 Å². The van der Waals surface area contributed by atoms with Crippen molar-refractivity contribution in [3.8, 4) is 0 Å². The van der Waals surface area contributed by atoms with E-state index in [1.807, 2.05) is 54.6 Å². The molecule has 2 aromatic rings. The zero-order valence-electron chi connectivity index (χ0n) is 18.2. The molecule has 1 fully saturated rings. The van der Waals surface area contributed by atoms with Crippen LogP contribution in [0.1, 0.15) is 30.4 Å². The first-order valence-corrected chi connectivity index (χ1v) is 14.2. The van der Waals surface area contributed by atoms with Gasteiger partial charge >= 0.3 is 0 Å². The van der Waals surface area contributed by atoms with Crippen molar-refractivity contribution in [3.63, 3.8) is 0 Å². The first kappa shape index (κ1) is 25.1. The number of benzene rings is 2. The first-order chi connectivity index (χ1) is 15.4. The van der Waals surface area contributed by atoms with Gasteiger partial charge in [0, 0.05) is 36.2 Å². The molecule has 1 amide bonds. The average Bonchev–Trinajstić information content (AvgIpc) is 2.79. The molecule has 1 aliphatic heterocycles.